The zero-order valence-electron chi connectivity index (χ0n) is 42.2. The van der Waals surface area contributed by atoms with Gasteiger partial charge in [0.15, 0.2) is 6.10 Å². The van der Waals surface area contributed by atoms with Gasteiger partial charge in [0.1, 0.15) is 19.8 Å². The molecule has 1 unspecified atom stereocenters. The van der Waals surface area contributed by atoms with Gasteiger partial charge in [0.25, 0.3) is 7.82 Å². The number of esters is 2. The number of carbonyl (C=O) groups is 2. The molecule has 0 aromatic rings. The third-order valence-electron chi connectivity index (χ3n) is 11.4. The predicted molar refractivity (Wildman–Crippen MR) is 268 cm³/mol. The standard InChI is InChI=1S/C54H100NO8P/c1-6-8-10-12-14-16-18-20-22-24-26-28-30-32-34-36-38-40-42-44-46-53(56)60-50-52(51-62-64(58,59)61-49-48-55(3,4)5)63-54(57)47-45-43-41-39-37-35-33-31-29-27-25-23-21-19-17-15-13-11-9-7-2/h24-31,52H,6-23,32-51H2,1-5H3/b26-24+,27-25+,30-28+,31-29+/t52-/m1/s1. The summed E-state index contributed by atoms with van der Waals surface area (Å²) in [7, 11) is 1.15. The average molecular weight is 922 g/mol. The first kappa shape index (κ1) is 62.0. The minimum Gasteiger partial charge on any atom is -0.756 e. The van der Waals surface area contributed by atoms with E-state index < -0.39 is 32.5 Å². The van der Waals surface area contributed by atoms with E-state index >= 15 is 0 Å². The van der Waals surface area contributed by atoms with Crippen molar-refractivity contribution < 1.29 is 42.1 Å². The molecule has 0 bridgehead atoms. The molecule has 0 N–H and O–H groups in total. The fourth-order valence-electron chi connectivity index (χ4n) is 7.23. The molecule has 0 aromatic heterocycles. The molecule has 0 aliphatic heterocycles. The van der Waals surface area contributed by atoms with Gasteiger partial charge in [-0.15, -0.1) is 0 Å². The molecule has 0 aliphatic carbocycles. The fourth-order valence-corrected chi connectivity index (χ4v) is 7.95. The van der Waals surface area contributed by atoms with Crippen LogP contribution in [0.1, 0.15) is 232 Å². The molecule has 9 nitrogen and oxygen atoms in total. The number of phosphoric acid groups is 1. The summed E-state index contributed by atoms with van der Waals surface area (Å²) in [6.07, 6.45) is 55.7. The topological polar surface area (TPSA) is 111 Å². The van der Waals surface area contributed by atoms with Crippen molar-refractivity contribution in [3.63, 3.8) is 0 Å². The van der Waals surface area contributed by atoms with Gasteiger partial charge in [-0.25, -0.2) is 0 Å². The highest BCUT2D eigenvalue weighted by molar-refractivity contribution is 7.45. The number of quaternary nitrogens is 1. The quantitative estimate of drug-likeness (QED) is 0.0195. The summed E-state index contributed by atoms with van der Waals surface area (Å²) in [4.78, 5) is 37.7. The smallest absolute Gasteiger partial charge is 0.306 e. The molecule has 0 saturated carbocycles. The van der Waals surface area contributed by atoms with E-state index in [0.717, 1.165) is 64.2 Å². The summed E-state index contributed by atoms with van der Waals surface area (Å²) in [5.41, 5.74) is 0. The van der Waals surface area contributed by atoms with Gasteiger partial charge in [0, 0.05) is 12.8 Å². The normalized spacial score (nSPS) is 13.8. The van der Waals surface area contributed by atoms with Crippen molar-refractivity contribution in [3.05, 3.63) is 48.6 Å². The average Bonchev–Trinajstić information content (AvgIpc) is 3.25. The van der Waals surface area contributed by atoms with Gasteiger partial charge in [-0.2, -0.15) is 0 Å². The summed E-state index contributed by atoms with van der Waals surface area (Å²) in [6, 6.07) is 0. The second-order valence-electron chi connectivity index (χ2n) is 18.9. The number of phosphoric ester groups is 1. The van der Waals surface area contributed by atoms with E-state index in [2.05, 4.69) is 62.5 Å². The van der Waals surface area contributed by atoms with Crippen LogP contribution in [-0.2, 0) is 32.7 Å². The highest BCUT2D eigenvalue weighted by Crippen LogP contribution is 2.38. The van der Waals surface area contributed by atoms with Crippen molar-refractivity contribution in [1.82, 2.24) is 0 Å². The summed E-state index contributed by atoms with van der Waals surface area (Å²) in [5.74, 6) is -0.856. The molecule has 374 valence electrons. The lowest BCUT2D eigenvalue weighted by Crippen LogP contribution is -2.37. The van der Waals surface area contributed by atoms with E-state index in [-0.39, 0.29) is 26.1 Å². The van der Waals surface area contributed by atoms with Gasteiger partial charge >= 0.3 is 11.9 Å². The largest absolute Gasteiger partial charge is 0.756 e. The summed E-state index contributed by atoms with van der Waals surface area (Å²) in [5, 5.41) is 0. The number of carbonyl (C=O) groups excluding carboxylic acids is 2. The lowest BCUT2D eigenvalue weighted by atomic mass is 10.1. The van der Waals surface area contributed by atoms with Crippen LogP contribution in [0, 0.1) is 0 Å². The third kappa shape index (κ3) is 49.4. The number of likely N-dealkylation sites (N-methyl/N-ethyl adjacent to an activating group) is 1. The Bertz CT molecular complexity index is 1230. The number of nitrogens with zero attached hydrogens (tertiary/aromatic N) is 1. The molecule has 0 amide bonds. The molecule has 0 spiro atoms. The summed E-state index contributed by atoms with van der Waals surface area (Å²) >= 11 is 0. The molecule has 2 atom stereocenters. The van der Waals surface area contributed by atoms with E-state index in [1.807, 2.05) is 21.1 Å². The number of hydrogen-bond donors (Lipinski definition) is 0. The van der Waals surface area contributed by atoms with Crippen LogP contribution >= 0.6 is 7.82 Å². The van der Waals surface area contributed by atoms with Crippen molar-refractivity contribution in [3.8, 4) is 0 Å². The van der Waals surface area contributed by atoms with Gasteiger partial charge in [0.2, 0.25) is 0 Å². The Morgan fingerprint density at radius 2 is 0.828 bits per heavy atom. The first-order valence-electron chi connectivity index (χ1n) is 26.4. The second kappa shape index (κ2) is 46.1. The van der Waals surface area contributed by atoms with Crippen LogP contribution in [0.2, 0.25) is 0 Å². The molecule has 0 aromatic carbocycles. The number of ether oxygens (including phenoxy) is 2. The molecule has 64 heavy (non-hydrogen) atoms. The van der Waals surface area contributed by atoms with Crippen LogP contribution in [-0.4, -0.2) is 70.0 Å². The lowest BCUT2D eigenvalue weighted by Gasteiger charge is -2.28. The Hall–Kier alpha value is -2.03. The molecule has 10 heteroatoms. The van der Waals surface area contributed by atoms with E-state index in [9.17, 15) is 19.0 Å². The Labute approximate surface area is 394 Å². The molecule has 0 rings (SSSR count). The maximum Gasteiger partial charge on any atom is 0.306 e. The van der Waals surface area contributed by atoms with Gasteiger partial charge < -0.3 is 27.9 Å². The van der Waals surface area contributed by atoms with Crippen LogP contribution in [0.15, 0.2) is 48.6 Å². The maximum atomic E-state index is 12.7. The molecule has 0 fully saturated rings. The van der Waals surface area contributed by atoms with Crippen molar-refractivity contribution in [2.75, 3.05) is 47.5 Å². The van der Waals surface area contributed by atoms with Gasteiger partial charge in [-0.1, -0.05) is 204 Å². The minimum absolute atomic E-state index is 0.0364. The van der Waals surface area contributed by atoms with Gasteiger partial charge in [-0.3, -0.25) is 14.2 Å². The summed E-state index contributed by atoms with van der Waals surface area (Å²) < 4.78 is 34.0. The first-order chi connectivity index (χ1) is 31.0. The zero-order chi connectivity index (χ0) is 47.1. The molecule has 0 saturated heterocycles. The monoisotopic (exact) mass is 922 g/mol. The van der Waals surface area contributed by atoms with Crippen LogP contribution in [0.4, 0.5) is 0 Å². The second-order valence-corrected chi connectivity index (χ2v) is 20.4. The molecule has 0 radical (unpaired) electrons. The van der Waals surface area contributed by atoms with Crippen LogP contribution in [0.25, 0.3) is 0 Å². The highest BCUT2D eigenvalue weighted by Gasteiger charge is 2.21. The predicted octanol–water partition coefficient (Wildman–Crippen LogP) is 15.2. The van der Waals surface area contributed by atoms with Gasteiger partial charge in [0.05, 0.1) is 27.7 Å². The number of hydrogen-bond acceptors (Lipinski definition) is 8. The number of rotatable bonds is 48. The SMILES string of the molecule is CCCCCCCCCC/C=C/C=C/CCCCCCCCC(=O)OC[C@H](COP(=O)([O-])OCC[N+](C)(C)C)OC(=O)CCCCCCCC/C=C/C=C/CCCCCCCCCC. The van der Waals surface area contributed by atoms with Crippen molar-refractivity contribution in [2.45, 2.75) is 238 Å². The fraction of sp³-hybridized carbons (Fsp3) is 0.815. The van der Waals surface area contributed by atoms with Crippen LogP contribution < -0.4 is 4.89 Å². The molecule has 0 aliphatic rings. The Morgan fingerprint density at radius 3 is 1.20 bits per heavy atom. The van der Waals surface area contributed by atoms with Crippen molar-refractivity contribution >= 4 is 19.8 Å². The highest BCUT2D eigenvalue weighted by atomic mass is 31.2. The lowest BCUT2D eigenvalue weighted by molar-refractivity contribution is -0.870. The Balaban J connectivity index is 4.30. The van der Waals surface area contributed by atoms with E-state index in [1.54, 1.807) is 0 Å². The van der Waals surface area contributed by atoms with Gasteiger partial charge in [-0.05, 0) is 64.2 Å². The number of allylic oxidation sites excluding steroid dienone is 8. The van der Waals surface area contributed by atoms with E-state index in [0.29, 0.717) is 23.9 Å². The summed E-state index contributed by atoms with van der Waals surface area (Å²) in [6.45, 7) is 4.22. The molecular weight excluding hydrogens is 822 g/mol. The van der Waals surface area contributed by atoms with Crippen molar-refractivity contribution in [1.29, 1.82) is 0 Å². The number of unbranched alkanes of at least 4 members (excludes halogenated alkanes) is 28. The van der Waals surface area contributed by atoms with Crippen LogP contribution in [0.5, 0.6) is 0 Å². The first-order valence-corrected chi connectivity index (χ1v) is 27.8. The zero-order valence-corrected chi connectivity index (χ0v) is 43.1. The van der Waals surface area contributed by atoms with Crippen LogP contribution in [0.3, 0.4) is 0 Å². The Morgan fingerprint density at radius 1 is 0.484 bits per heavy atom. The Kier molecular flexibility index (Phi) is 44.6. The molecular formula is C54H100NO8P. The van der Waals surface area contributed by atoms with Crippen molar-refractivity contribution in [2.24, 2.45) is 0 Å². The third-order valence-corrected chi connectivity index (χ3v) is 12.3. The van der Waals surface area contributed by atoms with E-state index in [4.69, 9.17) is 18.5 Å². The maximum absolute atomic E-state index is 12.7. The molecule has 0 heterocycles. The van der Waals surface area contributed by atoms with E-state index in [1.165, 1.54) is 128 Å². The minimum atomic E-state index is -4.64.